The molecule has 1 fully saturated rings. The minimum absolute atomic E-state index is 0.0810. The molecule has 3 rings (SSSR count). The number of carbonyl (C=O) groups is 1. The second kappa shape index (κ2) is 8.18. The number of amides is 1. The average molecular weight is 371 g/mol. The predicted octanol–water partition coefficient (Wildman–Crippen LogP) is 3.98. The first-order valence-corrected chi connectivity index (χ1v) is 8.97. The number of hydrogen-bond donors (Lipinski definition) is 0. The zero-order valence-electron chi connectivity index (χ0n) is 13.7. The van der Waals surface area contributed by atoms with Gasteiger partial charge in [-0.25, -0.2) is 0 Å². The summed E-state index contributed by atoms with van der Waals surface area (Å²) in [6, 6.07) is 17.0. The van der Waals surface area contributed by atoms with E-state index >= 15 is 0 Å². The number of carbonyl (C=O) groups excluding carboxylic acids is 1. The first-order chi connectivity index (χ1) is 12.2. The number of hydrogen-bond acceptors (Lipinski definition) is 5. The maximum atomic E-state index is 12.6. The smallest absolute Gasteiger partial charge is 0.266 e. The SMILES string of the molecule is COc1ccc(/C=C2\SC(=S)N(CCOc3ccccc3)C2=O)cc1. The molecule has 4 nitrogen and oxygen atoms in total. The maximum absolute atomic E-state index is 12.6. The molecular formula is C19H17NO3S2. The van der Waals surface area contributed by atoms with Gasteiger partial charge < -0.3 is 9.47 Å². The summed E-state index contributed by atoms with van der Waals surface area (Å²) in [4.78, 5) is 14.8. The van der Waals surface area contributed by atoms with Crippen molar-refractivity contribution in [1.82, 2.24) is 4.90 Å². The van der Waals surface area contributed by atoms with Crippen molar-refractivity contribution in [1.29, 1.82) is 0 Å². The van der Waals surface area contributed by atoms with Crippen LogP contribution in [0.5, 0.6) is 11.5 Å². The highest BCUT2D eigenvalue weighted by Crippen LogP contribution is 2.32. The van der Waals surface area contributed by atoms with Crippen LogP contribution in [0.2, 0.25) is 0 Å². The number of nitrogens with zero attached hydrogens (tertiary/aromatic N) is 1. The molecule has 0 aromatic heterocycles. The number of benzene rings is 2. The van der Waals surface area contributed by atoms with E-state index in [2.05, 4.69) is 0 Å². The van der Waals surface area contributed by atoms with Gasteiger partial charge in [0.2, 0.25) is 0 Å². The molecule has 0 radical (unpaired) electrons. The highest BCUT2D eigenvalue weighted by atomic mass is 32.2. The summed E-state index contributed by atoms with van der Waals surface area (Å²) in [5.41, 5.74) is 0.932. The van der Waals surface area contributed by atoms with E-state index in [0.29, 0.717) is 22.4 Å². The fourth-order valence-corrected chi connectivity index (χ4v) is 3.62. The van der Waals surface area contributed by atoms with E-state index < -0.39 is 0 Å². The third-order valence-electron chi connectivity index (χ3n) is 3.61. The molecule has 0 N–H and O–H groups in total. The number of ether oxygens (including phenoxy) is 2. The first kappa shape index (κ1) is 17.5. The van der Waals surface area contributed by atoms with Crippen molar-refractivity contribution in [3.63, 3.8) is 0 Å². The van der Waals surface area contributed by atoms with Gasteiger partial charge in [0.15, 0.2) is 0 Å². The largest absolute Gasteiger partial charge is 0.497 e. The molecule has 0 spiro atoms. The quantitative estimate of drug-likeness (QED) is 0.567. The molecule has 2 aromatic rings. The van der Waals surface area contributed by atoms with Crippen LogP contribution in [0.1, 0.15) is 5.56 Å². The highest BCUT2D eigenvalue weighted by molar-refractivity contribution is 8.26. The Balaban J connectivity index is 1.62. The lowest BCUT2D eigenvalue weighted by atomic mass is 10.2. The summed E-state index contributed by atoms with van der Waals surface area (Å²) >= 11 is 6.65. The molecule has 1 amide bonds. The lowest BCUT2D eigenvalue weighted by molar-refractivity contribution is -0.122. The topological polar surface area (TPSA) is 38.8 Å². The normalized spacial score (nSPS) is 15.7. The summed E-state index contributed by atoms with van der Waals surface area (Å²) in [6.45, 7) is 0.825. The van der Waals surface area contributed by atoms with Crippen molar-refractivity contribution >= 4 is 40.3 Å². The summed E-state index contributed by atoms with van der Waals surface area (Å²) in [5, 5.41) is 0. The van der Waals surface area contributed by atoms with Crippen LogP contribution in [0.3, 0.4) is 0 Å². The van der Waals surface area contributed by atoms with E-state index in [4.69, 9.17) is 21.7 Å². The van der Waals surface area contributed by atoms with Crippen molar-refractivity contribution < 1.29 is 14.3 Å². The second-order valence-electron chi connectivity index (χ2n) is 5.27. The minimum atomic E-state index is -0.0810. The van der Waals surface area contributed by atoms with Crippen LogP contribution in [-0.2, 0) is 4.79 Å². The van der Waals surface area contributed by atoms with E-state index in [9.17, 15) is 4.79 Å². The van der Waals surface area contributed by atoms with Crippen LogP contribution >= 0.6 is 24.0 Å². The van der Waals surface area contributed by atoms with Gasteiger partial charge >= 0.3 is 0 Å². The van der Waals surface area contributed by atoms with E-state index in [1.165, 1.54) is 11.8 Å². The Bertz CT molecular complexity index is 788. The van der Waals surface area contributed by atoms with Crippen LogP contribution in [0, 0.1) is 0 Å². The van der Waals surface area contributed by atoms with Gasteiger partial charge in [-0.15, -0.1) is 0 Å². The molecule has 0 saturated carbocycles. The van der Waals surface area contributed by atoms with Crippen LogP contribution in [-0.4, -0.2) is 35.4 Å². The van der Waals surface area contributed by atoms with Crippen LogP contribution in [0.25, 0.3) is 6.08 Å². The fourth-order valence-electron chi connectivity index (χ4n) is 2.32. The van der Waals surface area contributed by atoms with Gasteiger partial charge in [-0.1, -0.05) is 54.3 Å². The molecule has 0 unspecified atom stereocenters. The molecule has 1 heterocycles. The molecule has 1 aliphatic rings. The summed E-state index contributed by atoms with van der Waals surface area (Å²) in [7, 11) is 1.62. The van der Waals surface area contributed by atoms with Gasteiger partial charge in [-0.05, 0) is 35.9 Å². The van der Waals surface area contributed by atoms with Gasteiger partial charge in [0, 0.05) is 0 Å². The minimum Gasteiger partial charge on any atom is -0.497 e. The molecule has 0 bridgehead atoms. The van der Waals surface area contributed by atoms with Crippen molar-refractivity contribution in [2.45, 2.75) is 0 Å². The number of para-hydroxylation sites is 1. The summed E-state index contributed by atoms with van der Waals surface area (Å²) < 4.78 is 11.3. The molecule has 1 saturated heterocycles. The molecule has 0 atom stereocenters. The number of rotatable bonds is 6. The molecule has 6 heteroatoms. The van der Waals surface area contributed by atoms with E-state index in [0.717, 1.165) is 17.1 Å². The third kappa shape index (κ3) is 4.41. The fraction of sp³-hybridized carbons (Fsp3) is 0.158. The van der Waals surface area contributed by atoms with Crippen molar-refractivity contribution in [2.24, 2.45) is 0 Å². The highest BCUT2D eigenvalue weighted by Gasteiger charge is 2.31. The molecular weight excluding hydrogens is 354 g/mol. The third-order valence-corrected chi connectivity index (χ3v) is 4.99. The van der Waals surface area contributed by atoms with E-state index in [-0.39, 0.29) is 5.91 Å². The Morgan fingerprint density at radius 3 is 2.48 bits per heavy atom. The lowest BCUT2D eigenvalue weighted by Gasteiger charge is -2.14. The van der Waals surface area contributed by atoms with Crippen LogP contribution in [0.4, 0.5) is 0 Å². The lowest BCUT2D eigenvalue weighted by Crippen LogP contribution is -2.32. The molecule has 1 aliphatic heterocycles. The Morgan fingerprint density at radius 2 is 1.80 bits per heavy atom. The van der Waals surface area contributed by atoms with Gasteiger partial charge in [-0.2, -0.15) is 0 Å². The maximum Gasteiger partial charge on any atom is 0.266 e. The Labute approximate surface area is 156 Å². The van der Waals surface area contributed by atoms with Gasteiger partial charge in [0.1, 0.15) is 22.4 Å². The Morgan fingerprint density at radius 1 is 1.08 bits per heavy atom. The average Bonchev–Trinajstić information content (AvgIpc) is 2.90. The molecule has 25 heavy (non-hydrogen) atoms. The Kier molecular flexibility index (Phi) is 5.73. The van der Waals surface area contributed by atoms with Crippen molar-refractivity contribution in [3.05, 3.63) is 65.1 Å². The van der Waals surface area contributed by atoms with Crippen LogP contribution in [0.15, 0.2) is 59.5 Å². The zero-order valence-corrected chi connectivity index (χ0v) is 15.3. The van der Waals surface area contributed by atoms with E-state index in [1.54, 1.807) is 12.0 Å². The van der Waals surface area contributed by atoms with E-state index in [1.807, 2.05) is 60.7 Å². The van der Waals surface area contributed by atoms with Gasteiger partial charge in [0.05, 0.1) is 18.6 Å². The van der Waals surface area contributed by atoms with Crippen molar-refractivity contribution in [3.8, 4) is 11.5 Å². The summed E-state index contributed by atoms with van der Waals surface area (Å²) in [5.74, 6) is 1.48. The summed E-state index contributed by atoms with van der Waals surface area (Å²) in [6.07, 6.45) is 1.84. The Hall–Kier alpha value is -2.31. The molecule has 2 aromatic carbocycles. The predicted molar refractivity (Wildman–Crippen MR) is 105 cm³/mol. The number of thiocarbonyl (C=S) groups is 1. The van der Waals surface area contributed by atoms with Crippen LogP contribution < -0.4 is 9.47 Å². The van der Waals surface area contributed by atoms with Crippen molar-refractivity contribution in [2.75, 3.05) is 20.3 Å². The number of methoxy groups -OCH3 is 1. The first-order valence-electron chi connectivity index (χ1n) is 7.74. The zero-order chi connectivity index (χ0) is 17.6. The second-order valence-corrected chi connectivity index (χ2v) is 6.94. The van der Waals surface area contributed by atoms with Gasteiger partial charge in [-0.3, -0.25) is 9.69 Å². The van der Waals surface area contributed by atoms with Gasteiger partial charge in [0.25, 0.3) is 5.91 Å². The standard InChI is InChI=1S/C19H17NO3S2/c1-22-15-9-7-14(8-10-15)13-17-18(21)20(19(24)25-17)11-12-23-16-5-3-2-4-6-16/h2-10,13H,11-12H2,1H3/b17-13-. The molecule has 0 aliphatic carbocycles. The number of thioether (sulfide) groups is 1. The monoisotopic (exact) mass is 371 g/mol. The molecule has 128 valence electrons.